The molecule has 1 heteroatoms. The first kappa shape index (κ1) is 11.7. The highest BCUT2D eigenvalue weighted by Crippen LogP contribution is 2.02. The van der Waals surface area contributed by atoms with Crippen molar-refractivity contribution in [1.29, 1.82) is 0 Å². The zero-order valence-electron chi connectivity index (χ0n) is 8.42. The van der Waals surface area contributed by atoms with Gasteiger partial charge in [-0.1, -0.05) is 38.8 Å². The molecule has 0 aromatic rings. The Morgan fingerprint density at radius 2 is 1.92 bits per heavy atom. The monoisotopic (exact) mass is 170 g/mol. The van der Waals surface area contributed by atoms with E-state index in [1.54, 1.807) is 0 Å². The third-order valence-corrected chi connectivity index (χ3v) is 2.02. The maximum atomic E-state index is 9.21. The summed E-state index contributed by atoms with van der Waals surface area (Å²) in [6, 6.07) is 0. The van der Waals surface area contributed by atoms with Crippen LogP contribution in [0.4, 0.5) is 0 Å². The predicted octanol–water partition coefficient (Wildman–Crippen LogP) is 3.28. The summed E-state index contributed by atoms with van der Waals surface area (Å²) in [7, 11) is 0. The molecule has 0 heterocycles. The SMILES string of the molecule is CCCCC/C=C\CC(O)CC. The van der Waals surface area contributed by atoms with E-state index in [0.29, 0.717) is 0 Å². The van der Waals surface area contributed by atoms with Crippen molar-refractivity contribution in [2.75, 3.05) is 0 Å². The lowest BCUT2D eigenvalue weighted by molar-refractivity contribution is 0.173. The molecule has 0 aliphatic carbocycles. The molecular weight excluding hydrogens is 148 g/mol. The molecule has 1 N–H and O–H groups in total. The van der Waals surface area contributed by atoms with Gasteiger partial charge in [0.25, 0.3) is 0 Å². The summed E-state index contributed by atoms with van der Waals surface area (Å²) in [4.78, 5) is 0. The molecule has 0 spiro atoms. The first-order valence-electron chi connectivity index (χ1n) is 5.14. The molecule has 0 saturated heterocycles. The Bertz CT molecular complexity index is 108. The summed E-state index contributed by atoms with van der Waals surface area (Å²) < 4.78 is 0. The quantitative estimate of drug-likeness (QED) is 0.459. The summed E-state index contributed by atoms with van der Waals surface area (Å²) in [5, 5.41) is 9.21. The van der Waals surface area contributed by atoms with Gasteiger partial charge in [0.1, 0.15) is 0 Å². The van der Waals surface area contributed by atoms with Gasteiger partial charge in [0.05, 0.1) is 6.10 Å². The second kappa shape index (κ2) is 8.79. The lowest BCUT2D eigenvalue weighted by atomic mass is 10.1. The van der Waals surface area contributed by atoms with Gasteiger partial charge in [-0.3, -0.25) is 0 Å². The molecule has 1 nitrogen and oxygen atoms in total. The van der Waals surface area contributed by atoms with Crippen LogP contribution in [0.5, 0.6) is 0 Å². The van der Waals surface area contributed by atoms with Crippen LogP contribution < -0.4 is 0 Å². The number of hydrogen-bond donors (Lipinski definition) is 1. The molecule has 0 fully saturated rings. The molecule has 1 unspecified atom stereocenters. The first-order chi connectivity index (χ1) is 5.81. The molecule has 0 aliphatic heterocycles. The maximum Gasteiger partial charge on any atom is 0.0572 e. The lowest BCUT2D eigenvalue weighted by Crippen LogP contribution is -2.00. The fraction of sp³-hybridized carbons (Fsp3) is 0.818. The molecule has 0 aromatic heterocycles. The molecule has 0 saturated carbocycles. The minimum absolute atomic E-state index is 0.132. The van der Waals surface area contributed by atoms with E-state index in [-0.39, 0.29) is 6.10 Å². The highest BCUT2D eigenvalue weighted by Gasteiger charge is 1.94. The summed E-state index contributed by atoms with van der Waals surface area (Å²) >= 11 is 0. The Hall–Kier alpha value is -0.300. The van der Waals surface area contributed by atoms with Crippen LogP contribution in [0.2, 0.25) is 0 Å². The van der Waals surface area contributed by atoms with E-state index in [0.717, 1.165) is 12.8 Å². The highest BCUT2D eigenvalue weighted by atomic mass is 16.3. The van der Waals surface area contributed by atoms with Crippen LogP contribution >= 0.6 is 0 Å². The number of hydrogen-bond acceptors (Lipinski definition) is 1. The van der Waals surface area contributed by atoms with Gasteiger partial charge < -0.3 is 5.11 Å². The second-order valence-corrected chi connectivity index (χ2v) is 3.26. The van der Waals surface area contributed by atoms with Crippen LogP contribution in [0.15, 0.2) is 12.2 Å². The number of unbranched alkanes of at least 4 members (excludes halogenated alkanes) is 3. The normalized spacial score (nSPS) is 13.9. The van der Waals surface area contributed by atoms with Crippen molar-refractivity contribution < 1.29 is 5.11 Å². The number of aliphatic hydroxyl groups excluding tert-OH is 1. The van der Waals surface area contributed by atoms with E-state index in [4.69, 9.17) is 0 Å². The fourth-order valence-electron chi connectivity index (χ4n) is 1.05. The topological polar surface area (TPSA) is 20.2 Å². The van der Waals surface area contributed by atoms with Crippen molar-refractivity contribution in [3.05, 3.63) is 12.2 Å². The molecule has 72 valence electrons. The zero-order chi connectivity index (χ0) is 9.23. The van der Waals surface area contributed by atoms with Gasteiger partial charge in [0.15, 0.2) is 0 Å². The standard InChI is InChI=1S/C11H22O/c1-3-5-6-7-8-9-10-11(12)4-2/h8-9,11-12H,3-7,10H2,1-2H3/b9-8-. The Balaban J connectivity index is 3.13. The molecule has 0 aliphatic rings. The molecule has 0 aromatic carbocycles. The summed E-state index contributed by atoms with van der Waals surface area (Å²) in [5.74, 6) is 0. The molecule has 1 atom stereocenters. The Labute approximate surface area is 76.5 Å². The van der Waals surface area contributed by atoms with E-state index in [1.807, 2.05) is 6.92 Å². The van der Waals surface area contributed by atoms with E-state index in [9.17, 15) is 5.11 Å². The van der Waals surface area contributed by atoms with Crippen LogP contribution in [0.3, 0.4) is 0 Å². The minimum atomic E-state index is -0.132. The third kappa shape index (κ3) is 7.80. The van der Waals surface area contributed by atoms with Crippen LogP contribution in [0.1, 0.15) is 52.4 Å². The van der Waals surface area contributed by atoms with Crippen LogP contribution in [-0.2, 0) is 0 Å². The molecule has 0 rings (SSSR count). The van der Waals surface area contributed by atoms with Crippen molar-refractivity contribution >= 4 is 0 Å². The van der Waals surface area contributed by atoms with Crippen molar-refractivity contribution in [2.45, 2.75) is 58.5 Å². The Morgan fingerprint density at radius 3 is 2.50 bits per heavy atom. The van der Waals surface area contributed by atoms with Gasteiger partial charge >= 0.3 is 0 Å². The summed E-state index contributed by atoms with van der Waals surface area (Å²) in [5.41, 5.74) is 0. The molecular formula is C11H22O. The van der Waals surface area contributed by atoms with Gasteiger partial charge in [-0.25, -0.2) is 0 Å². The van der Waals surface area contributed by atoms with E-state index >= 15 is 0 Å². The van der Waals surface area contributed by atoms with Crippen molar-refractivity contribution in [3.8, 4) is 0 Å². The average Bonchev–Trinajstić information content (AvgIpc) is 2.10. The predicted molar refractivity (Wildman–Crippen MR) is 54.2 cm³/mol. The molecule has 0 amide bonds. The van der Waals surface area contributed by atoms with E-state index < -0.39 is 0 Å². The van der Waals surface area contributed by atoms with E-state index in [1.165, 1.54) is 25.7 Å². The second-order valence-electron chi connectivity index (χ2n) is 3.26. The summed E-state index contributed by atoms with van der Waals surface area (Å²) in [6.07, 6.45) is 10.9. The highest BCUT2D eigenvalue weighted by molar-refractivity contribution is 4.83. The third-order valence-electron chi connectivity index (χ3n) is 2.02. The largest absolute Gasteiger partial charge is 0.393 e. The maximum absolute atomic E-state index is 9.21. The number of allylic oxidation sites excluding steroid dienone is 1. The van der Waals surface area contributed by atoms with Gasteiger partial charge in [0, 0.05) is 0 Å². The zero-order valence-corrected chi connectivity index (χ0v) is 8.42. The molecule has 0 bridgehead atoms. The van der Waals surface area contributed by atoms with Crippen molar-refractivity contribution in [1.82, 2.24) is 0 Å². The van der Waals surface area contributed by atoms with Crippen molar-refractivity contribution in [2.24, 2.45) is 0 Å². The smallest absolute Gasteiger partial charge is 0.0572 e. The van der Waals surface area contributed by atoms with Crippen LogP contribution in [0.25, 0.3) is 0 Å². The summed E-state index contributed by atoms with van der Waals surface area (Å²) in [6.45, 7) is 4.22. The Morgan fingerprint density at radius 1 is 1.17 bits per heavy atom. The minimum Gasteiger partial charge on any atom is -0.393 e. The van der Waals surface area contributed by atoms with Gasteiger partial charge in [-0.05, 0) is 25.7 Å². The van der Waals surface area contributed by atoms with Crippen LogP contribution in [0, 0.1) is 0 Å². The number of aliphatic hydroxyl groups is 1. The van der Waals surface area contributed by atoms with Gasteiger partial charge in [-0.15, -0.1) is 0 Å². The molecule has 12 heavy (non-hydrogen) atoms. The fourth-order valence-corrected chi connectivity index (χ4v) is 1.05. The number of rotatable bonds is 7. The van der Waals surface area contributed by atoms with Gasteiger partial charge in [0.2, 0.25) is 0 Å². The first-order valence-corrected chi connectivity index (χ1v) is 5.14. The lowest BCUT2D eigenvalue weighted by Gasteiger charge is -2.01. The van der Waals surface area contributed by atoms with Gasteiger partial charge in [-0.2, -0.15) is 0 Å². The van der Waals surface area contributed by atoms with Crippen LogP contribution in [-0.4, -0.2) is 11.2 Å². The average molecular weight is 170 g/mol. The van der Waals surface area contributed by atoms with E-state index in [2.05, 4.69) is 19.1 Å². The molecule has 0 radical (unpaired) electrons. The Kier molecular flexibility index (Phi) is 8.57. The van der Waals surface area contributed by atoms with Crippen molar-refractivity contribution in [3.63, 3.8) is 0 Å².